The summed E-state index contributed by atoms with van der Waals surface area (Å²) >= 11 is 0. The number of hydrogen-bond donors (Lipinski definition) is 1. The average molecular weight is 270 g/mol. The quantitative estimate of drug-likeness (QED) is 0.741. The van der Waals surface area contributed by atoms with E-state index >= 15 is 0 Å². The van der Waals surface area contributed by atoms with Crippen molar-refractivity contribution in [2.45, 2.75) is 13.8 Å². The van der Waals surface area contributed by atoms with Gasteiger partial charge in [-0.25, -0.2) is 9.31 Å². The van der Waals surface area contributed by atoms with Crippen LogP contribution in [0.25, 0.3) is 17.0 Å². The molecule has 0 aliphatic heterocycles. The molecule has 0 atom stereocenters. The fourth-order valence-corrected chi connectivity index (χ4v) is 2.17. The Labute approximate surface area is 115 Å². The molecule has 20 heavy (non-hydrogen) atoms. The normalized spacial score (nSPS) is 10.9. The number of hydrogen-bond acceptors (Lipinski definition) is 4. The fourth-order valence-electron chi connectivity index (χ4n) is 2.17. The number of benzene rings is 1. The first-order chi connectivity index (χ1) is 9.72. The summed E-state index contributed by atoms with van der Waals surface area (Å²) in [5.74, 6) is 0.280. The van der Waals surface area contributed by atoms with Gasteiger partial charge in [0.1, 0.15) is 5.56 Å². The summed E-state index contributed by atoms with van der Waals surface area (Å²) in [5, 5.41) is 11.3. The van der Waals surface area contributed by atoms with E-state index in [2.05, 4.69) is 15.3 Å². The van der Waals surface area contributed by atoms with Crippen LogP contribution in [0.3, 0.4) is 0 Å². The Morgan fingerprint density at radius 1 is 1.30 bits per heavy atom. The maximum Gasteiger partial charge on any atom is 0.343 e. The number of aromatic nitrogens is 4. The van der Waals surface area contributed by atoms with Crippen LogP contribution in [-0.4, -0.2) is 32.4 Å². The van der Waals surface area contributed by atoms with Gasteiger partial charge in [0.25, 0.3) is 0 Å². The molecule has 0 saturated heterocycles. The maximum absolute atomic E-state index is 12.0. The van der Waals surface area contributed by atoms with E-state index < -0.39 is 0 Å². The first kappa shape index (κ1) is 12.4. The van der Waals surface area contributed by atoms with E-state index in [1.54, 1.807) is 11.4 Å². The van der Waals surface area contributed by atoms with Gasteiger partial charge in [0, 0.05) is 11.3 Å². The van der Waals surface area contributed by atoms with Gasteiger partial charge in [0.05, 0.1) is 6.61 Å². The Kier molecular flexibility index (Phi) is 2.98. The Morgan fingerprint density at radius 3 is 2.75 bits per heavy atom. The summed E-state index contributed by atoms with van der Waals surface area (Å²) in [5.41, 5.74) is 2.56. The minimum Gasteiger partial charge on any atom is -0.462 e. The number of carbonyl (C=O) groups excluding carboxylic acids is 1. The molecular formula is C14H14N4O2. The predicted molar refractivity (Wildman–Crippen MR) is 73.5 cm³/mol. The van der Waals surface area contributed by atoms with Crippen LogP contribution in [-0.2, 0) is 4.74 Å². The fraction of sp³-hybridized carbons (Fsp3) is 0.214. The number of esters is 1. The van der Waals surface area contributed by atoms with Gasteiger partial charge >= 0.3 is 5.97 Å². The highest BCUT2D eigenvalue weighted by molar-refractivity contribution is 5.97. The molecule has 0 unspecified atom stereocenters. The Balaban J connectivity index is 2.16. The Bertz CT molecular complexity index is 758. The molecule has 2 heterocycles. The topological polar surface area (TPSA) is 72.3 Å². The summed E-state index contributed by atoms with van der Waals surface area (Å²) in [6.45, 7) is 3.92. The highest BCUT2D eigenvalue weighted by atomic mass is 16.5. The lowest BCUT2D eigenvalue weighted by molar-refractivity contribution is 0.0527. The van der Waals surface area contributed by atoms with Crippen LogP contribution in [0.4, 0.5) is 0 Å². The molecule has 1 aromatic carbocycles. The van der Waals surface area contributed by atoms with Crippen molar-refractivity contribution >= 4 is 11.6 Å². The maximum atomic E-state index is 12.0. The zero-order chi connectivity index (χ0) is 14.1. The second-order valence-electron chi connectivity index (χ2n) is 4.38. The molecule has 0 radical (unpaired) electrons. The zero-order valence-corrected chi connectivity index (χ0v) is 11.3. The van der Waals surface area contributed by atoms with Crippen LogP contribution in [0, 0.1) is 6.92 Å². The number of H-pyrrole nitrogens is 1. The third-order valence-electron chi connectivity index (χ3n) is 3.05. The molecule has 0 bridgehead atoms. The highest BCUT2D eigenvalue weighted by Gasteiger charge is 2.22. The van der Waals surface area contributed by atoms with Crippen LogP contribution < -0.4 is 0 Å². The van der Waals surface area contributed by atoms with E-state index in [1.807, 2.05) is 37.3 Å². The van der Waals surface area contributed by atoms with E-state index in [4.69, 9.17) is 4.74 Å². The van der Waals surface area contributed by atoms with Crippen molar-refractivity contribution in [3.8, 4) is 11.4 Å². The van der Waals surface area contributed by atoms with E-state index in [0.29, 0.717) is 29.3 Å². The molecule has 102 valence electrons. The first-order valence-corrected chi connectivity index (χ1v) is 6.38. The SMILES string of the molecule is CCOC(=O)c1c(C)[nH]n2c(-c3ccccc3)nnc12. The van der Waals surface area contributed by atoms with Crippen molar-refractivity contribution in [2.24, 2.45) is 0 Å². The summed E-state index contributed by atoms with van der Waals surface area (Å²) in [6.07, 6.45) is 0. The lowest BCUT2D eigenvalue weighted by atomic mass is 10.2. The van der Waals surface area contributed by atoms with Gasteiger partial charge in [-0.15, -0.1) is 10.2 Å². The van der Waals surface area contributed by atoms with Gasteiger partial charge in [0.2, 0.25) is 0 Å². The number of carbonyl (C=O) groups is 1. The lowest BCUT2D eigenvalue weighted by Crippen LogP contribution is -2.05. The van der Waals surface area contributed by atoms with E-state index in [0.717, 1.165) is 5.56 Å². The van der Waals surface area contributed by atoms with Gasteiger partial charge in [-0.05, 0) is 13.8 Å². The van der Waals surface area contributed by atoms with Gasteiger partial charge in [0.15, 0.2) is 11.5 Å². The number of nitrogens with zero attached hydrogens (tertiary/aromatic N) is 3. The Morgan fingerprint density at radius 2 is 2.05 bits per heavy atom. The predicted octanol–water partition coefficient (Wildman–Crippen LogP) is 2.21. The molecule has 2 aromatic heterocycles. The molecule has 6 nitrogen and oxygen atoms in total. The van der Waals surface area contributed by atoms with Crippen molar-refractivity contribution in [3.63, 3.8) is 0 Å². The van der Waals surface area contributed by atoms with Crippen molar-refractivity contribution in [1.82, 2.24) is 19.8 Å². The van der Waals surface area contributed by atoms with Crippen LogP contribution in [0.1, 0.15) is 23.0 Å². The van der Waals surface area contributed by atoms with Crippen molar-refractivity contribution in [3.05, 3.63) is 41.6 Å². The molecule has 3 aromatic rings. The van der Waals surface area contributed by atoms with Crippen molar-refractivity contribution in [1.29, 1.82) is 0 Å². The van der Waals surface area contributed by atoms with Crippen LogP contribution in [0.15, 0.2) is 30.3 Å². The molecular weight excluding hydrogens is 256 g/mol. The third kappa shape index (κ3) is 1.85. The van der Waals surface area contributed by atoms with E-state index in [1.165, 1.54) is 0 Å². The highest BCUT2D eigenvalue weighted by Crippen LogP contribution is 2.21. The summed E-state index contributed by atoms with van der Waals surface area (Å²) in [4.78, 5) is 12.0. The van der Waals surface area contributed by atoms with Gasteiger partial charge in [-0.3, -0.25) is 5.10 Å². The molecule has 0 saturated carbocycles. The van der Waals surface area contributed by atoms with Crippen LogP contribution in [0.2, 0.25) is 0 Å². The number of ether oxygens (including phenoxy) is 1. The summed E-state index contributed by atoms with van der Waals surface area (Å²) in [7, 11) is 0. The smallest absolute Gasteiger partial charge is 0.343 e. The molecule has 6 heteroatoms. The number of aromatic amines is 1. The lowest BCUT2D eigenvalue weighted by Gasteiger charge is -1.98. The van der Waals surface area contributed by atoms with Crippen molar-refractivity contribution < 1.29 is 9.53 Å². The van der Waals surface area contributed by atoms with E-state index in [9.17, 15) is 4.79 Å². The van der Waals surface area contributed by atoms with Crippen LogP contribution in [0.5, 0.6) is 0 Å². The van der Waals surface area contributed by atoms with Gasteiger partial charge in [-0.1, -0.05) is 30.3 Å². The molecule has 0 aliphatic carbocycles. The third-order valence-corrected chi connectivity index (χ3v) is 3.05. The summed E-state index contributed by atoms with van der Waals surface area (Å²) < 4.78 is 6.76. The summed E-state index contributed by atoms with van der Waals surface area (Å²) in [6, 6.07) is 9.68. The molecule has 0 amide bonds. The number of fused-ring (bicyclic) bond motifs is 1. The second-order valence-corrected chi connectivity index (χ2v) is 4.38. The monoisotopic (exact) mass is 270 g/mol. The average Bonchev–Trinajstić information content (AvgIpc) is 2.97. The molecule has 3 rings (SSSR count). The first-order valence-electron chi connectivity index (χ1n) is 6.38. The van der Waals surface area contributed by atoms with Crippen LogP contribution >= 0.6 is 0 Å². The minimum atomic E-state index is -0.386. The number of nitrogens with one attached hydrogen (secondary N) is 1. The number of rotatable bonds is 3. The Hall–Kier alpha value is -2.63. The number of aryl methyl sites for hydroxylation is 1. The standard InChI is InChI=1S/C14H14N4O2/c1-3-20-14(19)11-9(2)17-18-12(15-16-13(11)18)10-7-5-4-6-8-10/h4-8,17H,3H2,1-2H3. The molecule has 1 N–H and O–H groups in total. The molecule has 0 fully saturated rings. The van der Waals surface area contributed by atoms with Crippen molar-refractivity contribution in [2.75, 3.05) is 6.61 Å². The zero-order valence-electron chi connectivity index (χ0n) is 11.3. The molecule has 0 spiro atoms. The second kappa shape index (κ2) is 4.80. The minimum absolute atomic E-state index is 0.329. The largest absolute Gasteiger partial charge is 0.462 e. The van der Waals surface area contributed by atoms with E-state index in [-0.39, 0.29) is 5.97 Å². The molecule has 0 aliphatic rings. The van der Waals surface area contributed by atoms with Gasteiger partial charge in [-0.2, -0.15) is 0 Å². The van der Waals surface area contributed by atoms with Gasteiger partial charge < -0.3 is 4.74 Å².